The van der Waals surface area contributed by atoms with Gasteiger partial charge in [0, 0.05) is 11.9 Å². The van der Waals surface area contributed by atoms with Crippen LogP contribution < -0.4 is 5.32 Å². The molecule has 0 atom stereocenters. The topological polar surface area (TPSA) is 37.8 Å². The van der Waals surface area contributed by atoms with Crippen LogP contribution in [-0.4, -0.2) is 23.0 Å². The van der Waals surface area contributed by atoms with Crippen molar-refractivity contribution in [3.05, 3.63) is 36.3 Å². The Bertz CT molecular complexity index is 789. The first-order chi connectivity index (χ1) is 10.2. The summed E-state index contributed by atoms with van der Waals surface area (Å²) in [5, 5.41) is 3.38. The van der Waals surface area contributed by atoms with E-state index in [9.17, 15) is 8.78 Å². The van der Waals surface area contributed by atoms with Crippen molar-refractivity contribution in [3.8, 4) is 10.7 Å². The van der Waals surface area contributed by atoms with Gasteiger partial charge in [0.2, 0.25) is 5.95 Å². The second-order valence-electron chi connectivity index (χ2n) is 4.19. The molecule has 0 aliphatic carbocycles. The van der Waals surface area contributed by atoms with E-state index in [1.54, 1.807) is 19.2 Å². The van der Waals surface area contributed by atoms with Crippen LogP contribution in [0.3, 0.4) is 0 Å². The number of anilines is 1. The van der Waals surface area contributed by atoms with Crippen molar-refractivity contribution in [2.45, 2.75) is 4.90 Å². The van der Waals surface area contributed by atoms with Crippen LogP contribution in [-0.2, 0) is 0 Å². The first kappa shape index (κ1) is 14.2. The molecule has 0 aliphatic rings. The molecule has 0 unspecified atom stereocenters. The lowest BCUT2D eigenvalue weighted by Crippen LogP contribution is -1.96. The van der Waals surface area contributed by atoms with Gasteiger partial charge in [-0.15, -0.1) is 11.3 Å². The van der Waals surface area contributed by atoms with Crippen LogP contribution in [0.1, 0.15) is 0 Å². The number of thiazole rings is 1. The van der Waals surface area contributed by atoms with E-state index in [4.69, 9.17) is 0 Å². The highest BCUT2D eigenvalue weighted by Gasteiger charge is 2.11. The van der Waals surface area contributed by atoms with Crippen molar-refractivity contribution in [3.63, 3.8) is 0 Å². The van der Waals surface area contributed by atoms with Crippen molar-refractivity contribution in [2.24, 2.45) is 0 Å². The number of rotatable bonds is 4. The zero-order valence-electron chi connectivity index (χ0n) is 11.1. The minimum Gasteiger partial charge on any atom is -0.384 e. The summed E-state index contributed by atoms with van der Waals surface area (Å²) in [5.74, 6) is -0.553. The fraction of sp³-hybridized carbons (Fsp3) is 0.143. The number of benzene rings is 1. The first-order valence-corrected chi connectivity index (χ1v) is 7.95. The van der Waals surface area contributed by atoms with E-state index in [1.165, 1.54) is 11.3 Å². The van der Waals surface area contributed by atoms with E-state index >= 15 is 0 Å². The zero-order valence-corrected chi connectivity index (χ0v) is 12.7. The lowest BCUT2D eigenvalue weighted by atomic mass is 10.3. The van der Waals surface area contributed by atoms with Gasteiger partial charge >= 0.3 is 0 Å². The molecule has 0 radical (unpaired) electrons. The van der Waals surface area contributed by atoms with Crippen molar-refractivity contribution < 1.29 is 8.78 Å². The van der Waals surface area contributed by atoms with Gasteiger partial charge in [-0.2, -0.15) is 4.39 Å². The van der Waals surface area contributed by atoms with Crippen LogP contribution in [0, 0.1) is 5.95 Å². The molecule has 108 valence electrons. The molecular formula is C14H11F2N3S2. The number of thioether (sulfide) groups is 1. The third-order valence-corrected chi connectivity index (χ3v) is 4.66. The second-order valence-corrected chi connectivity index (χ2v) is 6.20. The minimum atomic E-state index is -0.553. The highest BCUT2D eigenvalue weighted by atomic mass is 32.2. The molecule has 0 saturated heterocycles. The van der Waals surface area contributed by atoms with Gasteiger partial charge in [0.25, 0.3) is 0 Å². The highest BCUT2D eigenvalue weighted by Crippen LogP contribution is 2.32. The SMILES string of the molecule is CNc1ccc(-c2nc3ccc(SCF)cc3s2)nc1F. The predicted molar refractivity (Wildman–Crippen MR) is 84.2 cm³/mol. The predicted octanol–water partition coefficient (Wildman–Crippen LogP) is 4.56. The van der Waals surface area contributed by atoms with Gasteiger partial charge in [0.15, 0.2) is 0 Å². The lowest BCUT2D eigenvalue weighted by Gasteiger charge is -2.01. The molecule has 2 heterocycles. The third kappa shape index (κ3) is 2.84. The Kier molecular flexibility index (Phi) is 4.03. The van der Waals surface area contributed by atoms with E-state index in [-0.39, 0.29) is 0 Å². The molecule has 0 bridgehead atoms. The molecule has 1 aromatic carbocycles. The summed E-state index contributed by atoms with van der Waals surface area (Å²) in [6, 6.07) is 8.45. The third-order valence-electron chi connectivity index (χ3n) is 2.92. The van der Waals surface area contributed by atoms with Gasteiger partial charge in [0.1, 0.15) is 16.7 Å². The number of halogens is 2. The summed E-state index contributed by atoms with van der Waals surface area (Å²) >= 11 is 2.55. The summed E-state index contributed by atoms with van der Waals surface area (Å²) < 4.78 is 27.0. The van der Waals surface area contributed by atoms with E-state index < -0.39 is 12.0 Å². The normalized spacial score (nSPS) is 11.0. The molecule has 0 fully saturated rings. The van der Waals surface area contributed by atoms with E-state index in [0.29, 0.717) is 16.4 Å². The Morgan fingerprint density at radius 2 is 2.10 bits per heavy atom. The molecule has 7 heteroatoms. The number of pyridine rings is 1. The molecule has 0 aliphatic heterocycles. The number of nitrogens with one attached hydrogen (secondary N) is 1. The van der Waals surface area contributed by atoms with Gasteiger partial charge in [-0.1, -0.05) is 11.8 Å². The van der Waals surface area contributed by atoms with Crippen LogP contribution in [0.2, 0.25) is 0 Å². The van der Waals surface area contributed by atoms with Gasteiger partial charge in [0.05, 0.1) is 15.9 Å². The standard InChI is InChI=1S/C14H11F2N3S2/c1-17-10-4-5-11(18-13(10)16)14-19-9-3-2-8(20-7-15)6-12(9)21-14/h2-6,17H,7H2,1H3. The van der Waals surface area contributed by atoms with Crippen molar-refractivity contribution in [1.29, 1.82) is 0 Å². The summed E-state index contributed by atoms with van der Waals surface area (Å²) in [6.45, 7) is 0. The van der Waals surface area contributed by atoms with Gasteiger partial charge in [-0.3, -0.25) is 0 Å². The maximum absolute atomic E-state index is 13.7. The lowest BCUT2D eigenvalue weighted by molar-refractivity contribution is 0.589. The zero-order chi connectivity index (χ0) is 14.8. The molecule has 0 amide bonds. The number of alkyl halides is 1. The summed E-state index contributed by atoms with van der Waals surface area (Å²) in [5.41, 5.74) is 1.65. The molecule has 1 N–H and O–H groups in total. The number of aromatic nitrogens is 2. The van der Waals surface area contributed by atoms with E-state index in [2.05, 4.69) is 15.3 Å². The van der Waals surface area contributed by atoms with Crippen LogP contribution in [0.25, 0.3) is 20.9 Å². The second kappa shape index (κ2) is 5.95. The molecule has 21 heavy (non-hydrogen) atoms. The largest absolute Gasteiger partial charge is 0.384 e. The quantitative estimate of drug-likeness (QED) is 0.564. The molecule has 0 spiro atoms. The Morgan fingerprint density at radius 1 is 1.24 bits per heavy atom. The van der Waals surface area contributed by atoms with Crippen LogP contribution in [0.4, 0.5) is 14.5 Å². The van der Waals surface area contributed by atoms with Crippen molar-refractivity contribution >= 4 is 39.0 Å². The molecule has 3 aromatic rings. The molecule has 3 nitrogen and oxygen atoms in total. The van der Waals surface area contributed by atoms with E-state index in [1.807, 2.05) is 18.2 Å². The maximum atomic E-state index is 13.7. The van der Waals surface area contributed by atoms with Gasteiger partial charge in [-0.25, -0.2) is 14.4 Å². The minimum absolute atomic E-state index is 0.349. The molecular weight excluding hydrogens is 312 g/mol. The average Bonchev–Trinajstić information content (AvgIpc) is 2.90. The fourth-order valence-electron chi connectivity index (χ4n) is 1.91. The summed E-state index contributed by atoms with van der Waals surface area (Å²) in [6.07, 6.45) is 0. The van der Waals surface area contributed by atoms with Crippen LogP contribution in [0.5, 0.6) is 0 Å². The number of hydrogen-bond acceptors (Lipinski definition) is 5. The molecule has 2 aromatic heterocycles. The fourth-order valence-corrected chi connectivity index (χ4v) is 3.45. The first-order valence-electron chi connectivity index (χ1n) is 6.15. The Hall–Kier alpha value is -1.73. The Morgan fingerprint density at radius 3 is 2.81 bits per heavy atom. The monoisotopic (exact) mass is 323 g/mol. The summed E-state index contributed by atoms with van der Waals surface area (Å²) in [7, 11) is 1.64. The van der Waals surface area contributed by atoms with Crippen LogP contribution >= 0.6 is 23.1 Å². The van der Waals surface area contributed by atoms with Gasteiger partial charge < -0.3 is 5.32 Å². The average molecular weight is 323 g/mol. The number of fused-ring (bicyclic) bond motifs is 1. The van der Waals surface area contributed by atoms with Gasteiger partial charge in [-0.05, 0) is 30.3 Å². The van der Waals surface area contributed by atoms with Crippen molar-refractivity contribution in [2.75, 3.05) is 18.4 Å². The maximum Gasteiger partial charge on any atom is 0.236 e. The number of hydrogen-bond donors (Lipinski definition) is 1. The Labute approximate surface area is 128 Å². The van der Waals surface area contributed by atoms with Crippen LogP contribution in [0.15, 0.2) is 35.2 Å². The van der Waals surface area contributed by atoms with Crippen molar-refractivity contribution in [1.82, 2.24) is 9.97 Å². The molecule has 0 saturated carbocycles. The smallest absolute Gasteiger partial charge is 0.236 e. The highest BCUT2D eigenvalue weighted by molar-refractivity contribution is 7.99. The molecule has 3 rings (SSSR count). The Balaban J connectivity index is 2.02. The van der Waals surface area contributed by atoms with E-state index in [0.717, 1.165) is 26.9 Å². The number of nitrogens with zero attached hydrogens (tertiary/aromatic N) is 2. The summed E-state index contributed by atoms with van der Waals surface area (Å²) in [4.78, 5) is 9.22.